The third kappa shape index (κ3) is 3.29. The van der Waals surface area contributed by atoms with E-state index in [0.29, 0.717) is 0 Å². The Balaban J connectivity index is 2.03. The molecule has 0 saturated heterocycles. The lowest BCUT2D eigenvalue weighted by atomic mass is 10.3. The highest BCUT2D eigenvalue weighted by molar-refractivity contribution is 7.09. The second-order valence-electron chi connectivity index (χ2n) is 4.37. The van der Waals surface area contributed by atoms with Gasteiger partial charge in [0.1, 0.15) is 11.6 Å². The first kappa shape index (κ1) is 13.0. The van der Waals surface area contributed by atoms with E-state index in [1.54, 1.807) is 0 Å². The summed E-state index contributed by atoms with van der Waals surface area (Å²) in [5.74, 6) is 1.88. The molecule has 0 aliphatic heterocycles. The summed E-state index contributed by atoms with van der Waals surface area (Å²) < 4.78 is 0. The summed E-state index contributed by atoms with van der Waals surface area (Å²) in [4.78, 5) is 12.5. The molecular weight excluding hydrogens is 242 g/mol. The van der Waals surface area contributed by atoms with Crippen LogP contribution < -0.4 is 4.90 Å². The molecule has 0 atom stereocenters. The Kier molecular flexibility index (Phi) is 4.31. The van der Waals surface area contributed by atoms with E-state index < -0.39 is 0 Å². The van der Waals surface area contributed by atoms with Crippen LogP contribution in [0.25, 0.3) is 0 Å². The van der Waals surface area contributed by atoms with Crippen LogP contribution in [0.5, 0.6) is 0 Å². The van der Waals surface area contributed by atoms with Crippen LogP contribution in [0.1, 0.15) is 23.3 Å². The number of hydrogen-bond acceptors (Lipinski definition) is 4. The van der Waals surface area contributed by atoms with Crippen molar-refractivity contribution in [3.8, 4) is 0 Å². The summed E-state index contributed by atoms with van der Waals surface area (Å²) in [7, 11) is 2.09. The average molecular weight is 261 g/mol. The standard InChI is InChI=1S/C14H19N3S/c1-4-12-10-14(16-11(2)15-12)17(3)8-7-13-6-5-9-18-13/h5-6,9-10H,4,7-8H2,1-3H3. The van der Waals surface area contributed by atoms with Gasteiger partial charge in [-0.3, -0.25) is 0 Å². The monoisotopic (exact) mass is 261 g/mol. The topological polar surface area (TPSA) is 29.0 Å². The average Bonchev–Trinajstić information content (AvgIpc) is 2.88. The zero-order valence-corrected chi connectivity index (χ0v) is 12.0. The number of nitrogens with zero attached hydrogens (tertiary/aromatic N) is 3. The van der Waals surface area contributed by atoms with E-state index in [4.69, 9.17) is 0 Å². The zero-order valence-electron chi connectivity index (χ0n) is 11.2. The maximum absolute atomic E-state index is 4.50. The first-order valence-corrected chi connectivity index (χ1v) is 7.15. The van der Waals surface area contributed by atoms with E-state index >= 15 is 0 Å². The molecule has 18 heavy (non-hydrogen) atoms. The normalized spacial score (nSPS) is 10.6. The van der Waals surface area contributed by atoms with E-state index in [1.807, 2.05) is 18.3 Å². The van der Waals surface area contributed by atoms with Gasteiger partial charge in [0.25, 0.3) is 0 Å². The molecule has 0 amide bonds. The van der Waals surface area contributed by atoms with Gasteiger partial charge in [-0.1, -0.05) is 13.0 Å². The van der Waals surface area contributed by atoms with E-state index in [0.717, 1.165) is 36.7 Å². The van der Waals surface area contributed by atoms with Crippen molar-refractivity contribution in [1.29, 1.82) is 0 Å². The Labute approximate surface area is 113 Å². The Morgan fingerprint density at radius 2 is 2.17 bits per heavy atom. The van der Waals surface area contributed by atoms with Gasteiger partial charge in [0, 0.05) is 30.2 Å². The van der Waals surface area contributed by atoms with E-state index in [2.05, 4.69) is 52.4 Å². The number of thiophene rings is 1. The van der Waals surface area contributed by atoms with E-state index in [1.165, 1.54) is 4.88 Å². The van der Waals surface area contributed by atoms with E-state index in [9.17, 15) is 0 Å². The fraction of sp³-hybridized carbons (Fsp3) is 0.429. The molecule has 0 N–H and O–H groups in total. The molecule has 2 aromatic rings. The molecule has 4 heteroatoms. The minimum absolute atomic E-state index is 0.854. The maximum atomic E-state index is 4.50. The van der Waals surface area contributed by atoms with Crippen LogP contribution in [0.4, 0.5) is 5.82 Å². The number of aromatic nitrogens is 2. The van der Waals surface area contributed by atoms with Crippen LogP contribution in [0, 0.1) is 6.92 Å². The van der Waals surface area contributed by atoms with Crippen LogP contribution >= 0.6 is 11.3 Å². The molecule has 2 aromatic heterocycles. The molecule has 0 unspecified atom stereocenters. The third-order valence-corrected chi connectivity index (χ3v) is 3.84. The number of aryl methyl sites for hydroxylation is 2. The molecule has 96 valence electrons. The number of rotatable bonds is 5. The molecule has 2 heterocycles. The van der Waals surface area contributed by atoms with Crippen LogP contribution in [-0.4, -0.2) is 23.6 Å². The molecule has 0 aliphatic rings. The smallest absolute Gasteiger partial charge is 0.132 e. The summed E-state index contributed by atoms with van der Waals surface area (Å²) in [5.41, 5.74) is 1.11. The van der Waals surface area contributed by atoms with Crippen LogP contribution in [0.3, 0.4) is 0 Å². The van der Waals surface area contributed by atoms with Gasteiger partial charge >= 0.3 is 0 Å². The fourth-order valence-electron chi connectivity index (χ4n) is 1.84. The van der Waals surface area contributed by atoms with Gasteiger partial charge in [-0.2, -0.15) is 0 Å². The lowest BCUT2D eigenvalue weighted by molar-refractivity contribution is 0.844. The van der Waals surface area contributed by atoms with Crippen molar-refractivity contribution in [3.05, 3.63) is 40.0 Å². The first-order valence-electron chi connectivity index (χ1n) is 6.27. The predicted octanol–water partition coefficient (Wildman–Crippen LogP) is 3.09. The van der Waals surface area contributed by atoms with Crippen molar-refractivity contribution in [3.63, 3.8) is 0 Å². The highest BCUT2D eigenvalue weighted by Gasteiger charge is 2.06. The van der Waals surface area contributed by atoms with Gasteiger partial charge in [0.2, 0.25) is 0 Å². The highest BCUT2D eigenvalue weighted by atomic mass is 32.1. The van der Waals surface area contributed by atoms with Crippen molar-refractivity contribution in [2.75, 3.05) is 18.5 Å². The lowest BCUT2D eigenvalue weighted by Crippen LogP contribution is -2.22. The maximum Gasteiger partial charge on any atom is 0.132 e. The minimum atomic E-state index is 0.854. The van der Waals surface area contributed by atoms with Gasteiger partial charge in [-0.05, 0) is 31.2 Å². The van der Waals surface area contributed by atoms with Gasteiger partial charge in [-0.25, -0.2) is 9.97 Å². The van der Waals surface area contributed by atoms with Crippen molar-refractivity contribution in [2.45, 2.75) is 26.7 Å². The first-order chi connectivity index (χ1) is 8.69. The summed E-state index contributed by atoms with van der Waals surface area (Å²) in [5, 5.41) is 2.12. The summed E-state index contributed by atoms with van der Waals surface area (Å²) in [6.45, 7) is 5.06. The SMILES string of the molecule is CCc1cc(N(C)CCc2cccs2)nc(C)n1. The minimum Gasteiger partial charge on any atom is -0.359 e. The molecule has 0 bridgehead atoms. The molecule has 0 spiro atoms. The quantitative estimate of drug-likeness (QED) is 0.828. The lowest BCUT2D eigenvalue weighted by Gasteiger charge is -2.18. The van der Waals surface area contributed by atoms with Crippen LogP contribution in [-0.2, 0) is 12.8 Å². The van der Waals surface area contributed by atoms with Crippen molar-refractivity contribution in [2.24, 2.45) is 0 Å². The third-order valence-electron chi connectivity index (χ3n) is 2.90. The van der Waals surface area contributed by atoms with Crippen molar-refractivity contribution in [1.82, 2.24) is 9.97 Å². The molecular formula is C14H19N3S. The Morgan fingerprint density at radius 1 is 1.33 bits per heavy atom. The summed E-state index contributed by atoms with van der Waals surface area (Å²) in [6, 6.07) is 6.37. The zero-order chi connectivity index (χ0) is 13.0. The number of likely N-dealkylation sites (N-methyl/N-ethyl adjacent to an activating group) is 1. The highest BCUT2D eigenvalue weighted by Crippen LogP contribution is 2.14. The Hall–Kier alpha value is -1.42. The second kappa shape index (κ2) is 5.96. The van der Waals surface area contributed by atoms with E-state index in [-0.39, 0.29) is 0 Å². The van der Waals surface area contributed by atoms with Crippen molar-refractivity contribution >= 4 is 17.2 Å². The van der Waals surface area contributed by atoms with Crippen molar-refractivity contribution < 1.29 is 0 Å². The van der Waals surface area contributed by atoms with Gasteiger partial charge in [0.15, 0.2) is 0 Å². The molecule has 0 aromatic carbocycles. The second-order valence-corrected chi connectivity index (χ2v) is 5.40. The van der Waals surface area contributed by atoms with Crippen LogP contribution in [0.2, 0.25) is 0 Å². The van der Waals surface area contributed by atoms with Gasteiger partial charge in [0.05, 0.1) is 0 Å². The molecule has 0 saturated carbocycles. The molecule has 0 radical (unpaired) electrons. The predicted molar refractivity (Wildman–Crippen MR) is 77.4 cm³/mol. The Morgan fingerprint density at radius 3 is 2.83 bits per heavy atom. The molecule has 3 nitrogen and oxygen atoms in total. The molecule has 0 aliphatic carbocycles. The Bertz CT molecular complexity index is 494. The molecule has 0 fully saturated rings. The van der Waals surface area contributed by atoms with Gasteiger partial charge in [-0.15, -0.1) is 11.3 Å². The summed E-state index contributed by atoms with van der Waals surface area (Å²) >= 11 is 1.81. The number of anilines is 1. The molecule has 2 rings (SSSR count). The summed E-state index contributed by atoms with van der Waals surface area (Å²) in [6.07, 6.45) is 2.02. The van der Waals surface area contributed by atoms with Gasteiger partial charge < -0.3 is 4.90 Å². The van der Waals surface area contributed by atoms with Crippen LogP contribution in [0.15, 0.2) is 23.6 Å². The largest absolute Gasteiger partial charge is 0.359 e. The number of hydrogen-bond donors (Lipinski definition) is 0. The fourth-order valence-corrected chi connectivity index (χ4v) is 2.53.